The van der Waals surface area contributed by atoms with Crippen molar-refractivity contribution in [1.82, 2.24) is 4.90 Å². The Morgan fingerprint density at radius 3 is 2.21 bits per heavy atom. The average Bonchev–Trinajstić information content (AvgIpc) is 3.00. The number of thioether (sulfide) groups is 1. The summed E-state index contributed by atoms with van der Waals surface area (Å²) < 4.78 is 45.3. The van der Waals surface area contributed by atoms with Gasteiger partial charge in [-0.25, -0.2) is 13.2 Å². The summed E-state index contributed by atoms with van der Waals surface area (Å²) in [6, 6.07) is 21.6. The summed E-state index contributed by atoms with van der Waals surface area (Å²) in [5.74, 6) is -2.13. The Morgan fingerprint density at radius 1 is 0.929 bits per heavy atom. The van der Waals surface area contributed by atoms with E-state index in [-0.39, 0.29) is 32.8 Å². The minimum absolute atomic E-state index is 0.0159. The highest BCUT2D eigenvalue weighted by atomic mass is 32.2. The molecule has 2 heterocycles. The molecule has 0 bridgehead atoms. The topological polar surface area (TPSA) is 125 Å². The van der Waals surface area contributed by atoms with E-state index in [1.165, 1.54) is 32.4 Å². The van der Waals surface area contributed by atoms with Gasteiger partial charge in [0.25, 0.3) is 5.91 Å². The Kier molecular flexibility index (Phi) is 8.15. The van der Waals surface area contributed by atoms with Gasteiger partial charge in [-0.3, -0.25) is 9.69 Å². The Morgan fingerprint density at radius 2 is 1.55 bits per heavy atom. The molecule has 3 aromatic carbocycles. The maximum atomic E-state index is 14.3. The van der Waals surface area contributed by atoms with Gasteiger partial charge in [0.15, 0.2) is 0 Å². The standard InChI is InChI=1S/C31H28N2O7S2/c1-4-40-31(35)27-26(21-15-9-11-17-23(21)39-3)28(42(36,37)19-12-6-5-7-13-19)29(32)33-25(34)18-24(41-30(27)33)20-14-8-10-16-22(20)38-2/h5-18,26H,4,32H2,1-3H3. The van der Waals surface area contributed by atoms with Crippen molar-refractivity contribution < 1.29 is 32.2 Å². The van der Waals surface area contributed by atoms with E-state index < -0.39 is 27.6 Å². The molecule has 1 unspecified atom stereocenters. The van der Waals surface area contributed by atoms with Crippen LogP contribution in [-0.4, -0.2) is 46.0 Å². The van der Waals surface area contributed by atoms with E-state index in [2.05, 4.69) is 0 Å². The molecule has 11 heteroatoms. The lowest BCUT2D eigenvalue weighted by Crippen LogP contribution is -2.42. The van der Waals surface area contributed by atoms with E-state index in [1.54, 1.807) is 73.7 Å². The number of hydrogen-bond donors (Lipinski definition) is 1. The number of rotatable bonds is 8. The smallest absolute Gasteiger partial charge is 0.337 e. The van der Waals surface area contributed by atoms with Crippen molar-refractivity contribution in [2.24, 2.45) is 5.73 Å². The highest BCUT2D eigenvalue weighted by Gasteiger charge is 2.48. The van der Waals surface area contributed by atoms with Crippen LogP contribution in [0.25, 0.3) is 4.91 Å². The number of allylic oxidation sites excluding steroid dienone is 1. The molecule has 9 nitrogen and oxygen atoms in total. The molecule has 5 rings (SSSR count). The fraction of sp³-hybridized carbons (Fsp3) is 0.161. The third-order valence-corrected chi connectivity index (χ3v) is 9.89. The third-order valence-electron chi connectivity index (χ3n) is 6.82. The molecule has 1 amide bonds. The van der Waals surface area contributed by atoms with E-state index >= 15 is 0 Å². The molecule has 0 saturated carbocycles. The maximum absolute atomic E-state index is 14.3. The lowest BCUT2D eigenvalue weighted by atomic mass is 9.88. The zero-order valence-corrected chi connectivity index (χ0v) is 24.7. The number of ether oxygens (including phenoxy) is 3. The van der Waals surface area contributed by atoms with Crippen LogP contribution in [0.1, 0.15) is 24.0 Å². The molecule has 0 aliphatic carbocycles. The first-order valence-electron chi connectivity index (χ1n) is 13.0. The average molecular weight is 605 g/mol. The quantitative estimate of drug-likeness (QED) is 0.361. The fourth-order valence-electron chi connectivity index (χ4n) is 4.99. The predicted octanol–water partition coefficient (Wildman–Crippen LogP) is 4.79. The number of carbonyl (C=O) groups excluding carboxylic acids is 2. The molecule has 0 spiro atoms. The van der Waals surface area contributed by atoms with E-state index in [4.69, 9.17) is 19.9 Å². The number of amides is 1. The number of fused-ring (bicyclic) bond motifs is 1. The number of methoxy groups -OCH3 is 2. The van der Waals surface area contributed by atoms with Gasteiger partial charge in [-0.05, 0) is 31.2 Å². The summed E-state index contributed by atoms with van der Waals surface area (Å²) in [7, 11) is -1.38. The van der Waals surface area contributed by atoms with Gasteiger partial charge in [0.05, 0.1) is 37.2 Å². The number of nitrogens with two attached hydrogens (primary N) is 1. The Hall–Kier alpha value is -4.48. The molecule has 2 aliphatic rings. The molecule has 216 valence electrons. The van der Waals surface area contributed by atoms with Crippen LogP contribution in [0.4, 0.5) is 0 Å². The summed E-state index contributed by atoms with van der Waals surface area (Å²) in [6.45, 7) is 1.66. The van der Waals surface area contributed by atoms with Crippen molar-refractivity contribution in [3.8, 4) is 11.5 Å². The summed E-state index contributed by atoms with van der Waals surface area (Å²) in [5, 5.41) is 0.141. The van der Waals surface area contributed by atoms with Gasteiger partial charge in [-0.2, -0.15) is 0 Å². The van der Waals surface area contributed by atoms with Crippen molar-refractivity contribution in [1.29, 1.82) is 0 Å². The lowest BCUT2D eigenvalue weighted by molar-refractivity contribution is -0.138. The van der Waals surface area contributed by atoms with Gasteiger partial charge in [-0.1, -0.05) is 66.4 Å². The van der Waals surface area contributed by atoms with E-state index in [0.717, 1.165) is 16.7 Å². The predicted molar refractivity (Wildman–Crippen MR) is 160 cm³/mol. The lowest BCUT2D eigenvalue weighted by Gasteiger charge is -2.39. The van der Waals surface area contributed by atoms with E-state index in [0.29, 0.717) is 27.5 Å². The van der Waals surface area contributed by atoms with Gasteiger partial charge in [0, 0.05) is 22.1 Å². The van der Waals surface area contributed by atoms with Crippen molar-refractivity contribution in [2.45, 2.75) is 17.7 Å². The van der Waals surface area contributed by atoms with Crippen LogP contribution in [0.5, 0.6) is 11.5 Å². The van der Waals surface area contributed by atoms with Gasteiger partial charge in [0.2, 0.25) is 9.84 Å². The molecule has 1 atom stereocenters. The van der Waals surface area contributed by atoms with Crippen LogP contribution in [-0.2, 0) is 24.2 Å². The largest absolute Gasteiger partial charge is 0.496 e. The summed E-state index contributed by atoms with van der Waals surface area (Å²) in [4.78, 5) is 28.8. The maximum Gasteiger partial charge on any atom is 0.337 e. The first-order chi connectivity index (χ1) is 20.2. The minimum Gasteiger partial charge on any atom is -0.496 e. The Labute approximate surface area is 248 Å². The molecular formula is C31H28N2O7S2. The van der Waals surface area contributed by atoms with Gasteiger partial charge >= 0.3 is 5.97 Å². The normalized spacial score (nSPS) is 17.0. The summed E-state index contributed by atoms with van der Waals surface area (Å²) >= 11 is 1.10. The van der Waals surface area contributed by atoms with Crippen LogP contribution < -0.4 is 15.2 Å². The Bertz CT molecular complexity index is 1760. The van der Waals surface area contributed by atoms with Crippen LogP contribution in [0, 0.1) is 0 Å². The number of para-hydroxylation sites is 2. The van der Waals surface area contributed by atoms with Crippen LogP contribution >= 0.6 is 11.8 Å². The second kappa shape index (κ2) is 11.8. The first-order valence-corrected chi connectivity index (χ1v) is 15.3. The first kappa shape index (κ1) is 29.0. The number of hydrogen-bond acceptors (Lipinski definition) is 9. The zero-order valence-electron chi connectivity index (χ0n) is 23.1. The van der Waals surface area contributed by atoms with Crippen molar-refractivity contribution in [3.63, 3.8) is 0 Å². The molecule has 0 saturated heterocycles. The van der Waals surface area contributed by atoms with E-state index in [1.807, 2.05) is 0 Å². The van der Waals surface area contributed by atoms with Crippen molar-refractivity contribution >= 4 is 38.4 Å². The van der Waals surface area contributed by atoms with Crippen LogP contribution in [0.2, 0.25) is 0 Å². The van der Waals surface area contributed by atoms with Gasteiger partial charge in [0.1, 0.15) is 27.3 Å². The van der Waals surface area contributed by atoms with Crippen molar-refractivity contribution in [2.75, 3.05) is 20.8 Å². The van der Waals surface area contributed by atoms with Crippen LogP contribution in [0.15, 0.2) is 111 Å². The molecule has 2 aliphatic heterocycles. The van der Waals surface area contributed by atoms with E-state index in [9.17, 15) is 18.0 Å². The molecule has 0 aromatic heterocycles. The zero-order chi connectivity index (χ0) is 30.0. The number of benzene rings is 3. The highest BCUT2D eigenvalue weighted by molar-refractivity contribution is 8.12. The monoisotopic (exact) mass is 604 g/mol. The number of carbonyl (C=O) groups is 2. The molecule has 42 heavy (non-hydrogen) atoms. The number of esters is 1. The minimum atomic E-state index is -4.35. The molecule has 3 aromatic rings. The van der Waals surface area contributed by atoms with Crippen LogP contribution in [0.3, 0.4) is 0 Å². The van der Waals surface area contributed by atoms with Crippen molar-refractivity contribution in [3.05, 3.63) is 117 Å². The SMILES string of the molecule is CCOC(=O)C1=C2SC(c3ccccc3OC)=CC(=O)N2C(N)=C(S(=O)(=O)c2ccccc2)C1c1ccccc1OC. The Balaban J connectivity index is 1.86. The molecule has 2 N–H and O–H groups in total. The summed E-state index contributed by atoms with van der Waals surface area (Å²) in [5.41, 5.74) is 7.59. The van der Waals surface area contributed by atoms with Gasteiger partial charge < -0.3 is 19.9 Å². The summed E-state index contributed by atoms with van der Waals surface area (Å²) in [6.07, 6.45) is 1.35. The molecular weight excluding hydrogens is 576 g/mol. The third kappa shape index (κ3) is 4.94. The highest BCUT2D eigenvalue weighted by Crippen LogP contribution is 2.54. The molecule has 0 fully saturated rings. The number of sulfone groups is 1. The second-order valence-corrected chi connectivity index (χ2v) is 12.1. The second-order valence-electron chi connectivity index (χ2n) is 9.16. The number of nitrogens with zero attached hydrogens (tertiary/aromatic N) is 1. The fourth-order valence-corrected chi connectivity index (χ4v) is 7.92. The molecule has 0 radical (unpaired) electrons. The van der Waals surface area contributed by atoms with Gasteiger partial charge in [-0.15, -0.1) is 0 Å².